The van der Waals surface area contributed by atoms with Gasteiger partial charge in [0, 0.05) is 23.9 Å². The molecule has 3 aromatic carbocycles. The van der Waals surface area contributed by atoms with Crippen LogP contribution in [0.5, 0.6) is 0 Å². The summed E-state index contributed by atoms with van der Waals surface area (Å²) in [5.41, 5.74) is 5.86. The summed E-state index contributed by atoms with van der Waals surface area (Å²) in [6.07, 6.45) is -1.06. The first-order valence-corrected chi connectivity index (χ1v) is 10.1. The lowest BCUT2D eigenvalue weighted by Crippen LogP contribution is -2.47. The lowest BCUT2D eigenvalue weighted by atomic mass is 10.0. The highest BCUT2D eigenvalue weighted by atomic mass is 16.2. The first-order valence-electron chi connectivity index (χ1n) is 10.1. The largest absolute Gasteiger partial charge is 0.321 e. The maximum atomic E-state index is 13.2. The molecule has 0 aromatic heterocycles. The van der Waals surface area contributed by atoms with E-state index in [-0.39, 0.29) is 5.91 Å². The number of hydrogen-bond acceptors (Lipinski definition) is 3. The predicted molar refractivity (Wildman–Crippen MR) is 124 cm³/mol. The molecule has 6 nitrogen and oxygen atoms in total. The standard InChI is InChI=1S/C25H24N4O2/c1-16-13-17(2)15-19(14-16)26-25(31)28-23-24(30)29(3)21-12-8-7-11-20(21)22(27-23)18-9-5-4-6-10-18/h4-15,23H,1-3H3,(H2,26,28,31)/t23-/m1/s1. The highest BCUT2D eigenvalue weighted by Gasteiger charge is 2.30. The quantitative estimate of drug-likeness (QED) is 0.674. The summed E-state index contributed by atoms with van der Waals surface area (Å²) in [5, 5.41) is 5.54. The van der Waals surface area contributed by atoms with E-state index in [9.17, 15) is 9.59 Å². The van der Waals surface area contributed by atoms with Crippen molar-refractivity contribution < 1.29 is 9.59 Å². The maximum absolute atomic E-state index is 13.2. The van der Waals surface area contributed by atoms with Crippen molar-refractivity contribution in [3.8, 4) is 0 Å². The van der Waals surface area contributed by atoms with Crippen molar-refractivity contribution in [1.82, 2.24) is 5.32 Å². The second-order valence-corrected chi connectivity index (χ2v) is 7.64. The fourth-order valence-electron chi connectivity index (χ4n) is 3.78. The van der Waals surface area contributed by atoms with Crippen molar-refractivity contribution >= 4 is 29.0 Å². The molecule has 3 aromatic rings. The molecule has 0 radical (unpaired) electrons. The number of benzodiazepines with no additional fused rings is 1. The third-order valence-electron chi connectivity index (χ3n) is 5.14. The van der Waals surface area contributed by atoms with Gasteiger partial charge in [-0.3, -0.25) is 4.79 Å². The second kappa shape index (κ2) is 8.44. The van der Waals surface area contributed by atoms with E-state index in [0.29, 0.717) is 11.4 Å². The van der Waals surface area contributed by atoms with Crippen LogP contribution < -0.4 is 15.5 Å². The molecule has 0 bridgehead atoms. The van der Waals surface area contributed by atoms with E-state index in [1.165, 1.54) is 4.90 Å². The number of aryl methyl sites for hydroxylation is 2. The van der Waals surface area contributed by atoms with Crippen LogP contribution in [0, 0.1) is 13.8 Å². The van der Waals surface area contributed by atoms with Crippen molar-refractivity contribution in [2.24, 2.45) is 4.99 Å². The van der Waals surface area contributed by atoms with Crippen LogP contribution in [0.1, 0.15) is 22.3 Å². The Bertz CT molecular complexity index is 1150. The molecule has 3 amide bonds. The Balaban J connectivity index is 1.68. The second-order valence-electron chi connectivity index (χ2n) is 7.64. The molecule has 1 aliphatic heterocycles. The van der Waals surface area contributed by atoms with Crippen LogP contribution in [0.15, 0.2) is 77.8 Å². The molecule has 0 unspecified atom stereocenters. The number of nitrogens with one attached hydrogen (secondary N) is 2. The van der Waals surface area contributed by atoms with Crippen LogP contribution in [-0.2, 0) is 4.79 Å². The van der Waals surface area contributed by atoms with Gasteiger partial charge in [-0.05, 0) is 43.2 Å². The highest BCUT2D eigenvalue weighted by Crippen LogP contribution is 2.27. The Kier molecular flexibility index (Phi) is 5.54. The van der Waals surface area contributed by atoms with Crippen molar-refractivity contribution in [3.05, 3.63) is 95.1 Å². The van der Waals surface area contributed by atoms with E-state index in [0.717, 1.165) is 27.9 Å². The third kappa shape index (κ3) is 4.33. The number of fused-ring (bicyclic) bond motifs is 1. The number of nitrogens with zero attached hydrogens (tertiary/aromatic N) is 2. The van der Waals surface area contributed by atoms with Crippen molar-refractivity contribution in [2.45, 2.75) is 20.0 Å². The molecule has 1 aliphatic rings. The van der Waals surface area contributed by atoms with Gasteiger partial charge in [-0.25, -0.2) is 9.79 Å². The molecular formula is C25H24N4O2. The summed E-state index contributed by atoms with van der Waals surface area (Å²) in [6.45, 7) is 3.93. The highest BCUT2D eigenvalue weighted by molar-refractivity contribution is 6.20. The van der Waals surface area contributed by atoms with E-state index in [4.69, 9.17) is 0 Å². The summed E-state index contributed by atoms with van der Waals surface area (Å²) in [6, 6.07) is 22.6. The molecule has 0 saturated heterocycles. The van der Waals surface area contributed by atoms with Gasteiger partial charge < -0.3 is 15.5 Å². The number of hydrogen-bond donors (Lipinski definition) is 2. The molecule has 6 heteroatoms. The van der Waals surface area contributed by atoms with Gasteiger partial charge in [0.25, 0.3) is 5.91 Å². The van der Waals surface area contributed by atoms with Crippen LogP contribution in [0.3, 0.4) is 0 Å². The van der Waals surface area contributed by atoms with Gasteiger partial charge in [0.1, 0.15) is 0 Å². The summed E-state index contributed by atoms with van der Waals surface area (Å²) in [5.74, 6) is -0.311. The Labute approximate surface area is 181 Å². The van der Waals surface area contributed by atoms with Crippen molar-refractivity contribution in [1.29, 1.82) is 0 Å². The van der Waals surface area contributed by atoms with Crippen molar-refractivity contribution in [2.75, 3.05) is 17.3 Å². The average molecular weight is 412 g/mol. The van der Waals surface area contributed by atoms with Gasteiger partial charge in [0.05, 0.1) is 11.4 Å². The van der Waals surface area contributed by atoms with Gasteiger partial charge in [0.15, 0.2) is 0 Å². The van der Waals surface area contributed by atoms with E-state index >= 15 is 0 Å². The number of carbonyl (C=O) groups is 2. The Hall–Kier alpha value is -3.93. The lowest BCUT2D eigenvalue weighted by molar-refractivity contribution is -0.119. The normalized spacial score (nSPS) is 15.6. The van der Waals surface area contributed by atoms with Crippen LogP contribution in [0.25, 0.3) is 0 Å². The lowest BCUT2D eigenvalue weighted by Gasteiger charge is -2.21. The third-order valence-corrected chi connectivity index (χ3v) is 5.14. The summed E-state index contributed by atoms with van der Waals surface area (Å²) in [4.78, 5) is 32.1. The summed E-state index contributed by atoms with van der Waals surface area (Å²) < 4.78 is 0. The number of para-hydroxylation sites is 1. The smallest absolute Gasteiger partial charge is 0.311 e. The molecule has 0 fully saturated rings. The number of benzene rings is 3. The predicted octanol–water partition coefficient (Wildman–Crippen LogP) is 4.27. The number of likely N-dealkylation sites (N-methyl/N-ethyl adjacent to an activating group) is 1. The minimum Gasteiger partial charge on any atom is -0.311 e. The van der Waals surface area contributed by atoms with Crippen LogP contribution >= 0.6 is 0 Å². The molecule has 31 heavy (non-hydrogen) atoms. The molecule has 156 valence electrons. The van der Waals surface area contributed by atoms with Crippen LogP contribution in [0.2, 0.25) is 0 Å². The van der Waals surface area contributed by atoms with E-state index in [1.54, 1.807) is 7.05 Å². The molecule has 1 atom stereocenters. The average Bonchev–Trinajstić information content (AvgIpc) is 2.84. The number of carbonyl (C=O) groups excluding carboxylic acids is 2. The summed E-state index contributed by atoms with van der Waals surface area (Å²) in [7, 11) is 1.70. The fourth-order valence-corrected chi connectivity index (χ4v) is 3.78. The SMILES string of the molecule is Cc1cc(C)cc(NC(=O)N[C@H]2N=C(c3ccccc3)c3ccccc3N(C)C2=O)c1. The van der Waals surface area contributed by atoms with Gasteiger partial charge in [0.2, 0.25) is 6.17 Å². The first-order chi connectivity index (χ1) is 14.9. The number of amides is 3. The minimum atomic E-state index is -1.06. The summed E-state index contributed by atoms with van der Waals surface area (Å²) >= 11 is 0. The Morgan fingerprint density at radius 2 is 1.58 bits per heavy atom. The molecule has 2 N–H and O–H groups in total. The maximum Gasteiger partial charge on any atom is 0.321 e. The molecule has 0 saturated carbocycles. The van der Waals surface area contributed by atoms with E-state index in [1.807, 2.05) is 86.6 Å². The van der Waals surface area contributed by atoms with Gasteiger partial charge >= 0.3 is 6.03 Å². The van der Waals surface area contributed by atoms with E-state index < -0.39 is 12.2 Å². The molecular weight excluding hydrogens is 388 g/mol. The number of aliphatic imine (C=N–C) groups is 1. The van der Waals surface area contributed by atoms with Crippen LogP contribution in [0.4, 0.5) is 16.2 Å². The Morgan fingerprint density at radius 1 is 0.935 bits per heavy atom. The zero-order chi connectivity index (χ0) is 22.0. The van der Waals surface area contributed by atoms with E-state index in [2.05, 4.69) is 15.6 Å². The molecule has 4 rings (SSSR count). The number of anilines is 2. The minimum absolute atomic E-state index is 0.311. The van der Waals surface area contributed by atoms with Gasteiger partial charge in [-0.1, -0.05) is 54.6 Å². The fraction of sp³-hybridized carbons (Fsp3) is 0.160. The van der Waals surface area contributed by atoms with Crippen LogP contribution in [-0.4, -0.2) is 30.9 Å². The molecule has 0 aliphatic carbocycles. The Morgan fingerprint density at radius 3 is 2.29 bits per heavy atom. The molecule has 0 spiro atoms. The topological polar surface area (TPSA) is 73.8 Å². The molecule has 1 heterocycles. The number of rotatable bonds is 3. The number of urea groups is 1. The van der Waals surface area contributed by atoms with Gasteiger partial charge in [-0.15, -0.1) is 0 Å². The zero-order valence-corrected chi connectivity index (χ0v) is 17.7. The monoisotopic (exact) mass is 412 g/mol. The zero-order valence-electron chi connectivity index (χ0n) is 17.7. The van der Waals surface area contributed by atoms with Crippen molar-refractivity contribution in [3.63, 3.8) is 0 Å². The first kappa shape index (κ1) is 20.3. The van der Waals surface area contributed by atoms with Gasteiger partial charge in [-0.2, -0.15) is 0 Å².